The largest absolute Gasteiger partial charge is 0.380 e. The Balaban J connectivity index is 2.01. The minimum absolute atomic E-state index is 0.624. The minimum atomic E-state index is 0.624. The molecule has 2 rings (SSSR count). The van der Waals surface area contributed by atoms with Gasteiger partial charge in [0.25, 0.3) is 0 Å². The first-order valence-corrected chi connectivity index (χ1v) is 6.38. The van der Waals surface area contributed by atoms with Crippen molar-refractivity contribution in [3.8, 4) is 0 Å². The van der Waals surface area contributed by atoms with Gasteiger partial charge in [-0.15, -0.1) is 0 Å². The van der Waals surface area contributed by atoms with Gasteiger partial charge in [0, 0.05) is 32.8 Å². The van der Waals surface area contributed by atoms with E-state index in [1.807, 2.05) is 0 Å². The summed E-state index contributed by atoms with van der Waals surface area (Å²) in [6.45, 7) is 7.76. The van der Waals surface area contributed by atoms with Crippen LogP contribution in [0.2, 0.25) is 0 Å². The van der Waals surface area contributed by atoms with Crippen LogP contribution in [0.1, 0.15) is 23.1 Å². The Morgan fingerprint density at radius 2 is 2.18 bits per heavy atom. The van der Waals surface area contributed by atoms with Crippen molar-refractivity contribution >= 4 is 0 Å². The molecule has 1 fully saturated rings. The van der Waals surface area contributed by atoms with Crippen LogP contribution >= 0.6 is 0 Å². The number of nitrogens with zero attached hydrogens (tertiary/aromatic N) is 1. The topological polar surface area (TPSA) is 38.5 Å². The van der Waals surface area contributed by atoms with Gasteiger partial charge in [0.05, 0.1) is 6.61 Å². The van der Waals surface area contributed by atoms with Crippen molar-refractivity contribution in [3.63, 3.8) is 0 Å². The third kappa shape index (κ3) is 3.53. The Morgan fingerprint density at radius 1 is 1.29 bits per heavy atom. The predicted molar refractivity (Wildman–Crippen MR) is 69.8 cm³/mol. The maximum Gasteiger partial charge on any atom is 0.0593 e. The van der Waals surface area contributed by atoms with E-state index in [4.69, 9.17) is 10.5 Å². The van der Waals surface area contributed by atoms with Crippen LogP contribution in [0.5, 0.6) is 0 Å². The molecular weight excluding hydrogens is 212 g/mol. The van der Waals surface area contributed by atoms with Gasteiger partial charge in [-0.25, -0.2) is 0 Å². The average Bonchev–Trinajstić information content (AvgIpc) is 2.60. The number of hydrogen-bond donors (Lipinski definition) is 1. The highest BCUT2D eigenvalue weighted by Gasteiger charge is 2.10. The SMILES string of the molecule is Cc1cc(CN)ccc1CN1CCCOCC1. The van der Waals surface area contributed by atoms with Gasteiger partial charge in [-0.2, -0.15) is 0 Å². The van der Waals surface area contributed by atoms with Crippen molar-refractivity contribution in [1.29, 1.82) is 0 Å². The summed E-state index contributed by atoms with van der Waals surface area (Å²) >= 11 is 0. The highest BCUT2D eigenvalue weighted by Crippen LogP contribution is 2.14. The fraction of sp³-hybridized carbons (Fsp3) is 0.571. The second kappa shape index (κ2) is 6.15. The lowest BCUT2D eigenvalue weighted by atomic mass is 10.0. The summed E-state index contributed by atoms with van der Waals surface area (Å²) in [7, 11) is 0. The van der Waals surface area contributed by atoms with Crippen LogP contribution in [0.3, 0.4) is 0 Å². The lowest BCUT2D eigenvalue weighted by molar-refractivity contribution is 0.140. The molecule has 3 heteroatoms. The number of benzene rings is 1. The fourth-order valence-electron chi connectivity index (χ4n) is 2.26. The van der Waals surface area contributed by atoms with Crippen molar-refractivity contribution in [3.05, 3.63) is 34.9 Å². The molecule has 0 saturated carbocycles. The van der Waals surface area contributed by atoms with Crippen molar-refractivity contribution in [2.24, 2.45) is 5.73 Å². The van der Waals surface area contributed by atoms with Crippen LogP contribution in [0.15, 0.2) is 18.2 Å². The van der Waals surface area contributed by atoms with E-state index < -0.39 is 0 Å². The zero-order valence-corrected chi connectivity index (χ0v) is 10.6. The zero-order valence-electron chi connectivity index (χ0n) is 10.6. The van der Waals surface area contributed by atoms with Gasteiger partial charge in [-0.05, 0) is 30.0 Å². The van der Waals surface area contributed by atoms with Gasteiger partial charge in [0.15, 0.2) is 0 Å². The summed E-state index contributed by atoms with van der Waals surface area (Å²) in [5.41, 5.74) is 9.61. The summed E-state index contributed by atoms with van der Waals surface area (Å²) < 4.78 is 5.47. The first kappa shape index (κ1) is 12.6. The molecule has 17 heavy (non-hydrogen) atoms. The molecule has 0 spiro atoms. The molecule has 2 N–H and O–H groups in total. The van der Waals surface area contributed by atoms with Crippen LogP contribution in [0, 0.1) is 6.92 Å². The Morgan fingerprint density at radius 3 is 2.94 bits per heavy atom. The van der Waals surface area contributed by atoms with E-state index in [0.717, 1.165) is 39.3 Å². The van der Waals surface area contributed by atoms with E-state index in [-0.39, 0.29) is 0 Å². The smallest absolute Gasteiger partial charge is 0.0593 e. The highest BCUT2D eigenvalue weighted by molar-refractivity contribution is 5.31. The van der Waals surface area contributed by atoms with E-state index >= 15 is 0 Å². The third-order valence-electron chi connectivity index (χ3n) is 3.35. The van der Waals surface area contributed by atoms with Gasteiger partial charge in [0.1, 0.15) is 0 Å². The second-order valence-corrected chi connectivity index (χ2v) is 4.71. The Kier molecular flexibility index (Phi) is 4.54. The van der Waals surface area contributed by atoms with Gasteiger partial charge >= 0.3 is 0 Å². The first-order valence-electron chi connectivity index (χ1n) is 6.38. The lowest BCUT2D eigenvalue weighted by Crippen LogP contribution is -2.26. The molecule has 3 nitrogen and oxygen atoms in total. The van der Waals surface area contributed by atoms with Gasteiger partial charge in [-0.1, -0.05) is 18.2 Å². The molecule has 1 heterocycles. The van der Waals surface area contributed by atoms with Gasteiger partial charge < -0.3 is 10.5 Å². The minimum Gasteiger partial charge on any atom is -0.380 e. The standard InChI is InChI=1S/C14H22N2O/c1-12-9-13(10-15)3-4-14(12)11-16-5-2-7-17-8-6-16/h3-4,9H,2,5-8,10-11,15H2,1H3. The highest BCUT2D eigenvalue weighted by atomic mass is 16.5. The molecule has 0 amide bonds. The summed E-state index contributed by atoms with van der Waals surface area (Å²) in [5.74, 6) is 0. The molecule has 1 aromatic rings. The van der Waals surface area contributed by atoms with Crippen LogP contribution < -0.4 is 5.73 Å². The molecule has 1 aliphatic rings. The summed E-state index contributed by atoms with van der Waals surface area (Å²) in [6, 6.07) is 6.55. The lowest BCUT2D eigenvalue weighted by Gasteiger charge is -2.20. The van der Waals surface area contributed by atoms with Crippen molar-refractivity contribution in [2.45, 2.75) is 26.4 Å². The molecule has 1 aliphatic heterocycles. The van der Waals surface area contributed by atoms with Crippen molar-refractivity contribution in [1.82, 2.24) is 4.90 Å². The molecular formula is C14H22N2O. The number of nitrogens with two attached hydrogens (primary N) is 1. The third-order valence-corrected chi connectivity index (χ3v) is 3.35. The first-order chi connectivity index (χ1) is 8.29. The van der Waals surface area contributed by atoms with Crippen LogP contribution in [0.4, 0.5) is 0 Å². The maximum absolute atomic E-state index is 5.65. The number of ether oxygens (including phenoxy) is 1. The Labute approximate surface area is 104 Å². The zero-order chi connectivity index (χ0) is 12.1. The molecule has 0 unspecified atom stereocenters. The van der Waals surface area contributed by atoms with E-state index in [1.165, 1.54) is 16.7 Å². The van der Waals surface area contributed by atoms with Crippen LogP contribution in [0.25, 0.3) is 0 Å². The molecule has 0 aliphatic carbocycles. The fourth-order valence-corrected chi connectivity index (χ4v) is 2.26. The molecule has 0 aromatic heterocycles. The van der Waals surface area contributed by atoms with Crippen molar-refractivity contribution < 1.29 is 4.74 Å². The summed E-state index contributed by atoms with van der Waals surface area (Å²) in [5, 5.41) is 0. The summed E-state index contributed by atoms with van der Waals surface area (Å²) in [4.78, 5) is 2.47. The normalized spacial score (nSPS) is 18.0. The number of rotatable bonds is 3. The molecule has 1 aromatic carbocycles. The molecule has 1 saturated heterocycles. The summed E-state index contributed by atoms with van der Waals surface area (Å²) in [6.07, 6.45) is 1.14. The molecule has 0 radical (unpaired) electrons. The van der Waals surface area contributed by atoms with Crippen molar-refractivity contribution in [2.75, 3.05) is 26.3 Å². The number of aryl methyl sites for hydroxylation is 1. The van der Waals surface area contributed by atoms with E-state index in [2.05, 4.69) is 30.0 Å². The van der Waals surface area contributed by atoms with Crippen LogP contribution in [-0.4, -0.2) is 31.2 Å². The van der Waals surface area contributed by atoms with E-state index in [0.29, 0.717) is 6.54 Å². The quantitative estimate of drug-likeness (QED) is 0.864. The van der Waals surface area contributed by atoms with Crippen LogP contribution in [-0.2, 0) is 17.8 Å². The second-order valence-electron chi connectivity index (χ2n) is 4.71. The van der Waals surface area contributed by atoms with E-state index in [9.17, 15) is 0 Å². The maximum atomic E-state index is 5.65. The van der Waals surface area contributed by atoms with E-state index in [1.54, 1.807) is 0 Å². The predicted octanol–water partition coefficient (Wildman–Crippen LogP) is 1.68. The molecule has 0 atom stereocenters. The molecule has 94 valence electrons. The van der Waals surface area contributed by atoms with Gasteiger partial charge in [0.2, 0.25) is 0 Å². The Hall–Kier alpha value is -0.900. The van der Waals surface area contributed by atoms with Gasteiger partial charge in [-0.3, -0.25) is 4.90 Å². The molecule has 0 bridgehead atoms. The average molecular weight is 234 g/mol. The Bertz CT molecular complexity index is 357. The number of hydrogen-bond acceptors (Lipinski definition) is 3. The monoisotopic (exact) mass is 234 g/mol.